The fourth-order valence-corrected chi connectivity index (χ4v) is 5.45. The van der Waals surface area contributed by atoms with Gasteiger partial charge in [0.2, 0.25) is 10.0 Å². The summed E-state index contributed by atoms with van der Waals surface area (Å²) in [4.78, 5) is 14.9. The van der Waals surface area contributed by atoms with Gasteiger partial charge in [-0.3, -0.25) is 9.20 Å². The lowest BCUT2D eigenvalue weighted by molar-refractivity contribution is 0.385. The molecule has 3 aromatic rings. The van der Waals surface area contributed by atoms with Gasteiger partial charge in [-0.25, -0.2) is 13.1 Å². The fourth-order valence-electron chi connectivity index (χ4n) is 4.01. The lowest BCUT2D eigenvalue weighted by atomic mass is 10.1. The molecule has 160 valence electrons. The van der Waals surface area contributed by atoms with E-state index in [0.29, 0.717) is 44.1 Å². The van der Waals surface area contributed by atoms with Gasteiger partial charge >= 0.3 is 0 Å². The van der Waals surface area contributed by atoms with E-state index >= 15 is 0 Å². The van der Waals surface area contributed by atoms with Gasteiger partial charge < -0.3 is 4.90 Å². The molecule has 0 radical (unpaired) electrons. The number of hydrogen-bond donors (Lipinski definition) is 0. The minimum Gasteiger partial charge on any atom is -0.369 e. The molecule has 3 heterocycles. The molecular formula is C21H27N5O3S. The molecule has 0 aliphatic carbocycles. The van der Waals surface area contributed by atoms with E-state index in [0.717, 1.165) is 5.69 Å². The molecule has 1 fully saturated rings. The summed E-state index contributed by atoms with van der Waals surface area (Å²) in [6.45, 7) is 10.2. The number of aromatic nitrogens is 3. The Morgan fingerprint density at radius 2 is 1.73 bits per heavy atom. The molecule has 2 aromatic heterocycles. The normalized spacial score (nSPS) is 15.8. The average molecular weight is 430 g/mol. The highest BCUT2D eigenvalue weighted by Gasteiger charge is 2.30. The first kappa shape index (κ1) is 20.6. The third kappa shape index (κ3) is 3.41. The summed E-state index contributed by atoms with van der Waals surface area (Å²) in [7, 11) is -3.69. The zero-order valence-corrected chi connectivity index (χ0v) is 18.6. The van der Waals surface area contributed by atoms with Crippen LogP contribution in [0.25, 0.3) is 5.52 Å². The maximum Gasteiger partial charge on any atom is 0.291 e. The Morgan fingerprint density at radius 3 is 2.40 bits per heavy atom. The molecule has 0 N–H and O–H groups in total. The molecule has 0 saturated carbocycles. The molecule has 1 saturated heterocycles. The molecular weight excluding hydrogens is 402 g/mol. The van der Waals surface area contributed by atoms with Crippen LogP contribution >= 0.6 is 0 Å². The van der Waals surface area contributed by atoms with Gasteiger partial charge in [0.25, 0.3) is 5.56 Å². The predicted molar refractivity (Wildman–Crippen MR) is 117 cm³/mol. The summed E-state index contributed by atoms with van der Waals surface area (Å²) in [5, 5.41) is 4.24. The summed E-state index contributed by atoms with van der Waals surface area (Å²) in [6.07, 6.45) is 1.51. The van der Waals surface area contributed by atoms with E-state index in [1.165, 1.54) is 32.4 Å². The van der Waals surface area contributed by atoms with Crippen molar-refractivity contribution in [1.82, 2.24) is 18.5 Å². The van der Waals surface area contributed by atoms with Crippen molar-refractivity contribution in [2.24, 2.45) is 0 Å². The molecule has 0 bridgehead atoms. The van der Waals surface area contributed by atoms with Gasteiger partial charge in [-0.15, -0.1) is 0 Å². The zero-order chi connectivity index (χ0) is 21.6. The maximum absolute atomic E-state index is 13.3. The Hall–Kier alpha value is -2.65. The van der Waals surface area contributed by atoms with E-state index in [4.69, 9.17) is 0 Å². The van der Waals surface area contributed by atoms with Crippen LogP contribution in [-0.2, 0) is 16.6 Å². The van der Waals surface area contributed by atoms with Crippen molar-refractivity contribution in [3.05, 3.63) is 57.8 Å². The first-order valence-electron chi connectivity index (χ1n) is 10.1. The van der Waals surface area contributed by atoms with Crippen LogP contribution in [0.2, 0.25) is 0 Å². The van der Waals surface area contributed by atoms with Crippen molar-refractivity contribution in [3.63, 3.8) is 0 Å². The van der Waals surface area contributed by atoms with Crippen LogP contribution in [0, 0.1) is 20.8 Å². The molecule has 0 unspecified atom stereocenters. The number of sulfonamides is 1. The van der Waals surface area contributed by atoms with Crippen molar-refractivity contribution >= 4 is 21.2 Å². The van der Waals surface area contributed by atoms with Crippen LogP contribution in [0.1, 0.15) is 23.9 Å². The van der Waals surface area contributed by atoms with Crippen LogP contribution < -0.4 is 10.5 Å². The first-order valence-corrected chi connectivity index (χ1v) is 11.6. The summed E-state index contributed by atoms with van der Waals surface area (Å²) in [6, 6.07) is 7.80. The molecule has 1 aliphatic rings. The minimum atomic E-state index is -3.69. The highest BCUT2D eigenvalue weighted by atomic mass is 32.2. The van der Waals surface area contributed by atoms with Gasteiger partial charge in [0.15, 0.2) is 0 Å². The average Bonchev–Trinajstić information content (AvgIpc) is 3.20. The van der Waals surface area contributed by atoms with Gasteiger partial charge in [0, 0.05) is 44.6 Å². The number of rotatable bonds is 4. The molecule has 0 spiro atoms. The number of nitrogens with zero attached hydrogens (tertiary/aromatic N) is 5. The van der Waals surface area contributed by atoms with E-state index in [2.05, 4.69) is 42.0 Å². The molecule has 30 heavy (non-hydrogen) atoms. The van der Waals surface area contributed by atoms with Crippen LogP contribution in [0.15, 0.2) is 40.2 Å². The smallest absolute Gasteiger partial charge is 0.291 e. The van der Waals surface area contributed by atoms with Crippen molar-refractivity contribution < 1.29 is 8.42 Å². The topological polar surface area (TPSA) is 79.9 Å². The van der Waals surface area contributed by atoms with Crippen molar-refractivity contribution in [1.29, 1.82) is 0 Å². The molecule has 8 nitrogen and oxygen atoms in total. The lowest BCUT2D eigenvalue weighted by Gasteiger charge is -2.36. The zero-order valence-electron chi connectivity index (χ0n) is 17.8. The van der Waals surface area contributed by atoms with Crippen LogP contribution in [-0.4, -0.2) is 53.1 Å². The quantitative estimate of drug-likeness (QED) is 0.633. The SMILES string of the molecule is CCn1nc(C)n2cc(S(=O)(=O)N3CCN(c4cc(C)ccc4C)CC3)cc2c1=O. The second kappa shape index (κ2) is 7.55. The van der Waals surface area contributed by atoms with E-state index in [1.807, 2.05) is 6.92 Å². The van der Waals surface area contributed by atoms with Crippen LogP contribution in [0.4, 0.5) is 5.69 Å². The molecule has 0 atom stereocenters. The van der Waals surface area contributed by atoms with Gasteiger partial charge in [-0.1, -0.05) is 12.1 Å². The number of aryl methyl sites for hydroxylation is 4. The van der Waals surface area contributed by atoms with Gasteiger partial charge in [0.05, 0.1) is 0 Å². The molecule has 1 aliphatic heterocycles. The van der Waals surface area contributed by atoms with Gasteiger partial charge in [-0.2, -0.15) is 9.40 Å². The third-order valence-corrected chi connectivity index (χ3v) is 7.61. The Labute approximate surface area is 176 Å². The largest absolute Gasteiger partial charge is 0.369 e. The summed E-state index contributed by atoms with van der Waals surface area (Å²) in [5.41, 5.74) is 3.57. The third-order valence-electron chi connectivity index (χ3n) is 5.74. The van der Waals surface area contributed by atoms with Crippen LogP contribution in [0.3, 0.4) is 0 Å². The van der Waals surface area contributed by atoms with Crippen LogP contribution in [0.5, 0.6) is 0 Å². The Kier molecular flexibility index (Phi) is 5.19. The molecule has 9 heteroatoms. The van der Waals surface area contributed by atoms with Gasteiger partial charge in [-0.05, 0) is 51.0 Å². The van der Waals surface area contributed by atoms with E-state index in [-0.39, 0.29) is 10.5 Å². The number of hydrogen-bond acceptors (Lipinski definition) is 5. The maximum atomic E-state index is 13.3. The highest BCUT2D eigenvalue weighted by Crippen LogP contribution is 2.25. The van der Waals surface area contributed by atoms with E-state index in [9.17, 15) is 13.2 Å². The Bertz CT molecular complexity index is 1270. The van der Waals surface area contributed by atoms with E-state index in [1.54, 1.807) is 11.3 Å². The number of anilines is 1. The van der Waals surface area contributed by atoms with E-state index < -0.39 is 10.0 Å². The van der Waals surface area contributed by atoms with Gasteiger partial charge in [0.1, 0.15) is 16.2 Å². The van der Waals surface area contributed by atoms with Crippen molar-refractivity contribution in [3.8, 4) is 0 Å². The Morgan fingerprint density at radius 1 is 1.03 bits per heavy atom. The second-order valence-corrected chi connectivity index (χ2v) is 9.72. The highest BCUT2D eigenvalue weighted by molar-refractivity contribution is 7.89. The summed E-state index contributed by atoms with van der Waals surface area (Å²) in [5.74, 6) is 0.577. The fraction of sp³-hybridized carbons (Fsp3) is 0.429. The first-order chi connectivity index (χ1) is 14.2. The number of benzene rings is 1. The standard InChI is InChI=1S/C21H27N5O3S/c1-5-26-21(27)20-13-18(14-25(20)17(4)22-26)30(28,29)24-10-8-23(9-11-24)19-12-15(2)6-7-16(19)3/h6-7,12-14H,5,8-11H2,1-4H3. The number of fused-ring (bicyclic) bond motifs is 1. The summed E-state index contributed by atoms with van der Waals surface area (Å²) < 4.78 is 30.9. The monoisotopic (exact) mass is 429 g/mol. The minimum absolute atomic E-state index is 0.138. The number of piperazine rings is 1. The predicted octanol–water partition coefficient (Wildman–Crippen LogP) is 1.95. The molecule has 1 aromatic carbocycles. The summed E-state index contributed by atoms with van der Waals surface area (Å²) >= 11 is 0. The lowest BCUT2D eigenvalue weighted by Crippen LogP contribution is -2.48. The molecule has 0 amide bonds. The van der Waals surface area contributed by atoms with Crippen molar-refractivity contribution in [2.45, 2.75) is 39.1 Å². The van der Waals surface area contributed by atoms with Crippen molar-refractivity contribution in [2.75, 3.05) is 31.1 Å². The molecule has 4 rings (SSSR count). The second-order valence-electron chi connectivity index (χ2n) is 7.78. The Balaban J connectivity index is 1.61.